The van der Waals surface area contributed by atoms with Gasteiger partial charge < -0.3 is 4.74 Å². The van der Waals surface area contributed by atoms with Crippen molar-refractivity contribution in [3.05, 3.63) is 18.8 Å². The van der Waals surface area contributed by atoms with Crippen molar-refractivity contribution >= 4 is 0 Å². The first-order valence-electron chi connectivity index (χ1n) is 3.22. The van der Waals surface area contributed by atoms with Gasteiger partial charge in [0, 0.05) is 5.57 Å². The molecule has 0 amide bonds. The number of rotatable bonds is 3. The third-order valence-electron chi connectivity index (χ3n) is 1.36. The van der Waals surface area contributed by atoms with E-state index >= 15 is 0 Å². The minimum atomic E-state index is -5.56. The van der Waals surface area contributed by atoms with Crippen LogP contribution in [0.25, 0.3) is 0 Å². The molecule has 13 heavy (non-hydrogen) atoms. The van der Waals surface area contributed by atoms with Crippen molar-refractivity contribution in [2.24, 2.45) is 0 Å². The second kappa shape index (κ2) is 4.04. The summed E-state index contributed by atoms with van der Waals surface area (Å²) in [6.07, 6.45) is -4.92. The van der Waals surface area contributed by atoms with Gasteiger partial charge in [0.2, 0.25) is 0 Å². The summed E-state index contributed by atoms with van der Waals surface area (Å²) in [5, 5.41) is 0. The van der Waals surface area contributed by atoms with Gasteiger partial charge in [-0.1, -0.05) is 6.08 Å². The molecule has 0 N–H and O–H groups in total. The second-order valence-corrected chi connectivity index (χ2v) is 2.33. The first-order chi connectivity index (χ1) is 5.73. The van der Waals surface area contributed by atoms with Crippen LogP contribution < -0.4 is 0 Å². The molecule has 0 aliphatic heterocycles. The maximum atomic E-state index is 12.4. The summed E-state index contributed by atoms with van der Waals surface area (Å²) < 4.78 is 63.8. The highest BCUT2D eigenvalue weighted by Crippen LogP contribution is 2.40. The molecule has 6 heteroatoms. The maximum absolute atomic E-state index is 12.4. The van der Waals surface area contributed by atoms with Crippen LogP contribution in [0, 0.1) is 7.11 Å². The summed E-state index contributed by atoms with van der Waals surface area (Å²) in [5.74, 6) is -4.80. The van der Waals surface area contributed by atoms with Gasteiger partial charge in [-0.2, -0.15) is 22.0 Å². The summed E-state index contributed by atoms with van der Waals surface area (Å²) in [7, 11) is 2.83. The fourth-order valence-corrected chi connectivity index (χ4v) is 0.536. The van der Waals surface area contributed by atoms with Crippen molar-refractivity contribution in [2.75, 3.05) is 6.61 Å². The highest BCUT2D eigenvalue weighted by Gasteiger charge is 2.58. The van der Waals surface area contributed by atoms with E-state index in [4.69, 9.17) is 0 Å². The monoisotopic (exact) mass is 203 g/mol. The minimum Gasteiger partial charge on any atom is -0.375 e. The van der Waals surface area contributed by atoms with E-state index < -0.39 is 17.7 Å². The minimum absolute atomic E-state index is 0.377. The molecule has 0 aromatic carbocycles. The van der Waals surface area contributed by atoms with Crippen molar-refractivity contribution in [2.45, 2.75) is 19.0 Å². The fourth-order valence-electron chi connectivity index (χ4n) is 0.536. The summed E-state index contributed by atoms with van der Waals surface area (Å²) in [4.78, 5) is 0. The molecule has 0 unspecified atom stereocenters. The van der Waals surface area contributed by atoms with Crippen molar-refractivity contribution in [3.8, 4) is 0 Å². The Morgan fingerprint density at radius 3 is 2.08 bits per heavy atom. The molecule has 0 heterocycles. The Morgan fingerprint density at radius 1 is 1.31 bits per heavy atom. The number of hydrogen-bond acceptors (Lipinski definition) is 1. The van der Waals surface area contributed by atoms with E-state index in [2.05, 4.69) is 11.8 Å². The maximum Gasteiger partial charge on any atom is 0.457 e. The fraction of sp³-hybridized carbons (Fsp3) is 0.571. The van der Waals surface area contributed by atoms with E-state index in [1.807, 2.05) is 0 Å². The van der Waals surface area contributed by atoms with E-state index in [-0.39, 0.29) is 6.61 Å². The van der Waals surface area contributed by atoms with E-state index in [1.54, 1.807) is 0 Å². The predicted molar refractivity (Wildman–Crippen MR) is 36.1 cm³/mol. The van der Waals surface area contributed by atoms with Crippen molar-refractivity contribution in [1.29, 1.82) is 0 Å². The second-order valence-electron chi connectivity index (χ2n) is 2.33. The molecule has 0 fully saturated rings. The molecule has 1 radical (unpaired) electrons. The van der Waals surface area contributed by atoms with Gasteiger partial charge in [-0.25, -0.2) is 0 Å². The van der Waals surface area contributed by atoms with Gasteiger partial charge in [0.1, 0.15) is 0 Å². The lowest BCUT2D eigenvalue weighted by atomic mass is 10.1. The Hall–Kier alpha value is -0.650. The zero-order chi connectivity index (χ0) is 10.7. The van der Waals surface area contributed by atoms with Gasteiger partial charge in [0.05, 0.1) is 13.7 Å². The molecule has 0 spiro atoms. The summed E-state index contributed by atoms with van der Waals surface area (Å²) in [6.45, 7) is 0.310. The van der Waals surface area contributed by atoms with Crippen LogP contribution in [0.1, 0.15) is 6.92 Å². The molecular weight excluding hydrogens is 195 g/mol. The lowest BCUT2D eigenvalue weighted by molar-refractivity contribution is -0.264. The van der Waals surface area contributed by atoms with Crippen LogP contribution in [0.5, 0.6) is 0 Å². The Kier molecular flexibility index (Phi) is 3.84. The molecular formula is C7H8F5O. The van der Waals surface area contributed by atoms with Gasteiger partial charge in [-0.05, 0) is 6.92 Å². The van der Waals surface area contributed by atoms with Gasteiger partial charge >= 0.3 is 12.1 Å². The number of allylic oxidation sites excluding steroid dienone is 1. The summed E-state index contributed by atoms with van der Waals surface area (Å²) >= 11 is 0. The summed E-state index contributed by atoms with van der Waals surface area (Å²) in [6, 6.07) is 0. The highest BCUT2D eigenvalue weighted by atomic mass is 19.4. The van der Waals surface area contributed by atoms with Gasteiger partial charge in [0.15, 0.2) is 0 Å². The van der Waals surface area contributed by atoms with Crippen LogP contribution in [0.2, 0.25) is 0 Å². The van der Waals surface area contributed by atoms with Gasteiger partial charge in [-0.3, -0.25) is 0 Å². The zero-order valence-electron chi connectivity index (χ0n) is 6.79. The number of ether oxygens (including phenoxy) is 1. The SMILES string of the molecule is [CH2]OCC=C(C)C(F)(F)C(F)(F)F. The van der Waals surface area contributed by atoms with Crippen LogP contribution in [-0.4, -0.2) is 18.7 Å². The van der Waals surface area contributed by atoms with Crippen LogP contribution >= 0.6 is 0 Å². The van der Waals surface area contributed by atoms with E-state index in [0.29, 0.717) is 13.0 Å². The first-order valence-corrected chi connectivity index (χ1v) is 3.22. The largest absolute Gasteiger partial charge is 0.457 e. The van der Waals surface area contributed by atoms with Gasteiger partial charge in [0.25, 0.3) is 0 Å². The average molecular weight is 203 g/mol. The molecule has 0 aliphatic rings. The molecule has 77 valence electrons. The van der Waals surface area contributed by atoms with Crippen molar-refractivity contribution in [1.82, 2.24) is 0 Å². The van der Waals surface area contributed by atoms with E-state index in [9.17, 15) is 22.0 Å². The normalized spacial score (nSPS) is 14.8. The molecule has 1 nitrogen and oxygen atoms in total. The van der Waals surface area contributed by atoms with Crippen LogP contribution in [0.4, 0.5) is 22.0 Å². The molecule has 0 aromatic heterocycles. The quantitative estimate of drug-likeness (QED) is 0.506. The Balaban J connectivity index is 4.63. The highest BCUT2D eigenvalue weighted by molar-refractivity contribution is 5.12. The lowest BCUT2D eigenvalue weighted by Gasteiger charge is -2.20. The summed E-state index contributed by atoms with van der Waals surface area (Å²) in [5.41, 5.74) is -1.09. The van der Waals surface area contributed by atoms with Gasteiger partial charge in [-0.15, -0.1) is 0 Å². The Labute approximate surface area is 72.2 Å². The number of alkyl halides is 5. The van der Waals surface area contributed by atoms with Crippen LogP contribution in [0.3, 0.4) is 0 Å². The third kappa shape index (κ3) is 2.95. The number of halogens is 5. The van der Waals surface area contributed by atoms with Crippen LogP contribution in [0.15, 0.2) is 11.6 Å². The predicted octanol–water partition coefficient (Wildman–Crippen LogP) is 2.94. The lowest BCUT2D eigenvalue weighted by Crippen LogP contribution is -2.37. The number of hydrogen-bond donors (Lipinski definition) is 0. The first kappa shape index (κ1) is 12.3. The molecule has 0 rings (SSSR count). The van der Waals surface area contributed by atoms with Crippen molar-refractivity contribution < 1.29 is 26.7 Å². The Bertz CT molecular complexity index is 194. The molecule has 0 bridgehead atoms. The average Bonchev–Trinajstić information content (AvgIpc) is 1.97. The molecule has 0 saturated heterocycles. The third-order valence-corrected chi connectivity index (χ3v) is 1.36. The molecule has 0 aliphatic carbocycles. The molecule has 0 saturated carbocycles. The van der Waals surface area contributed by atoms with E-state index in [0.717, 1.165) is 0 Å². The van der Waals surface area contributed by atoms with Crippen LogP contribution in [-0.2, 0) is 4.74 Å². The van der Waals surface area contributed by atoms with E-state index in [1.165, 1.54) is 0 Å². The smallest absolute Gasteiger partial charge is 0.375 e. The topological polar surface area (TPSA) is 9.23 Å². The standard InChI is InChI=1S/C7H8F5O/c1-5(3-4-13-2)6(8,9)7(10,11)12/h3H,2,4H2,1H3. The Morgan fingerprint density at radius 2 is 1.77 bits per heavy atom. The molecule has 0 atom stereocenters. The molecule has 0 aromatic rings. The zero-order valence-corrected chi connectivity index (χ0v) is 6.79. The van der Waals surface area contributed by atoms with Crippen molar-refractivity contribution in [3.63, 3.8) is 0 Å².